The lowest BCUT2D eigenvalue weighted by Crippen LogP contribution is -2.48. The van der Waals surface area contributed by atoms with Gasteiger partial charge in [0.1, 0.15) is 0 Å². The fourth-order valence-electron chi connectivity index (χ4n) is 5.21. The molecule has 0 unspecified atom stereocenters. The lowest BCUT2D eigenvalue weighted by atomic mass is 10.0. The number of aromatic amines is 2. The number of pyridine rings is 3. The molecule has 1 aromatic carbocycles. The number of urea groups is 1. The van der Waals surface area contributed by atoms with E-state index >= 15 is 0 Å². The van der Waals surface area contributed by atoms with Gasteiger partial charge < -0.3 is 20.1 Å². The zero-order chi connectivity index (χ0) is 27.1. The van der Waals surface area contributed by atoms with E-state index in [1.54, 1.807) is 31.0 Å². The third-order valence-corrected chi connectivity index (χ3v) is 7.45. The second-order valence-electron chi connectivity index (χ2n) is 10.1. The molecule has 10 heteroatoms. The van der Waals surface area contributed by atoms with Gasteiger partial charge in [0.25, 0.3) is 0 Å². The number of piperazine rings is 1. The summed E-state index contributed by atoms with van der Waals surface area (Å²) in [6.07, 6.45) is 8.83. The van der Waals surface area contributed by atoms with Crippen molar-refractivity contribution in [2.24, 2.45) is 0 Å². The molecule has 2 amide bonds. The van der Waals surface area contributed by atoms with E-state index in [0.29, 0.717) is 24.4 Å². The summed E-state index contributed by atoms with van der Waals surface area (Å²) < 4.78 is 0. The first kappa shape index (κ1) is 24.0. The molecular weight excluding hydrogens is 502 g/mol. The van der Waals surface area contributed by atoms with Crippen LogP contribution in [0.2, 0.25) is 0 Å². The topological polar surface area (TPSA) is 119 Å². The number of likely N-dealkylation sites (N-methyl/N-ethyl adjacent to an activating group) is 1. The Morgan fingerprint density at radius 3 is 2.55 bits per heavy atom. The number of H-pyrrole nitrogens is 2. The fraction of sp³-hybridized carbons (Fsp3) is 0.167. The van der Waals surface area contributed by atoms with Crippen molar-refractivity contribution in [1.82, 2.24) is 39.9 Å². The lowest BCUT2D eigenvalue weighted by molar-refractivity contribution is 0.164. The van der Waals surface area contributed by atoms with Crippen LogP contribution in [0.3, 0.4) is 0 Å². The van der Waals surface area contributed by atoms with E-state index in [1.165, 1.54) is 0 Å². The Hall–Kier alpha value is -5.09. The zero-order valence-corrected chi connectivity index (χ0v) is 21.9. The standard InChI is InChI=1S/C30H27N9O/c1-38-9-11-39(12-10-38)30(40)34-22-13-20(16-32-18-22)21-14-25-28(36-37-29(25)33-17-21)27-15-24-23(3-2-4-26(24)35-27)19-5-7-31-8-6-19/h2-8,13-18,35H,9-12H2,1H3,(H,34,40)(H,33,36,37). The van der Waals surface area contributed by atoms with E-state index in [4.69, 9.17) is 0 Å². The summed E-state index contributed by atoms with van der Waals surface area (Å²) >= 11 is 0. The SMILES string of the molecule is CN1CCN(C(=O)Nc2cncc(-c3cnc4n[nH]c(-c5cc6c(-c7ccncc7)cccc6[nH]5)c4c3)c2)CC1. The van der Waals surface area contributed by atoms with Crippen molar-refractivity contribution < 1.29 is 4.79 Å². The predicted octanol–water partition coefficient (Wildman–Crippen LogP) is 5.01. The van der Waals surface area contributed by atoms with Gasteiger partial charge in [-0.05, 0) is 54.6 Å². The first-order chi connectivity index (χ1) is 19.6. The van der Waals surface area contributed by atoms with Crippen molar-refractivity contribution in [3.8, 4) is 33.6 Å². The Morgan fingerprint density at radius 1 is 0.875 bits per heavy atom. The van der Waals surface area contributed by atoms with Gasteiger partial charge in [0, 0.05) is 78.4 Å². The van der Waals surface area contributed by atoms with Gasteiger partial charge in [0.05, 0.1) is 23.3 Å². The normalized spacial score (nSPS) is 14.2. The van der Waals surface area contributed by atoms with Crippen LogP contribution in [0, 0.1) is 0 Å². The third-order valence-electron chi connectivity index (χ3n) is 7.45. The van der Waals surface area contributed by atoms with Crippen LogP contribution in [-0.2, 0) is 0 Å². The molecule has 6 aromatic rings. The van der Waals surface area contributed by atoms with Gasteiger partial charge in [-0.1, -0.05) is 12.1 Å². The molecule has 1 aliphatic heterocycles. The largest absolute Gasteiger partial charge is 0.353 e. The molecule has 0 bridgehead atoms. The lowest BCUT2D eigenvalue weighted by Gasteiger charge is -2.32. The van der Waals surface area contributed by atoms with Crippen molar-refractivity contribution in [2.75, 3.05) is 38.5 Å². The maximum absolute atomic E-state index is 12.8. The van der Waals surface area contributed by atoms with Crippen molar-refractivity contribution in [3.05, 3.63) is 79.5 Å². The first-order valence-corrected chi connectivity index (χ1v) is 13.2. The summed E-state index contributed by atoms with van der Waals surface area (Å²) in [5, 5.41) is 12.6. The van der Waals surface area contributed by atoms with E-state index in [9.17, 15) is 4.79 Å². The van der Waals surface area contributed by atoms with Crippen LogP contribution in [0.4, 0.5) is 10.5 Å². The smallest absolute Gasteiger partial charge is 0.321 e. The van der Waals surface area contributed by atoms with Crippen molar-refractivity contribution in [3.63, 3.8) is 0 Å². The highest BCUT2D eigenvalue weighted by molar-refractivity contribution is 6.01. The van der Waals surface area contributed by atoms with Crippen molar-refractivity contribution in [2.45, 2.75) is 0 Å². The molecule has 198 valence electrons. The Labute approximate surface area is 230 Å². The zero-order valence-electron chi connectivity index (χ0n) is 21.9. The Kier molecular flexibility index (Phi) is 5.94. The minimum atomic E-state index is -0.109. The number of nitrogens with zero attached hydrogens (tertiary/aromatic N) is 6. The Bertz CT molecular complexity index is 1830. The molecule has 1 fully saturated rings. The molecule has 3 N–H and O–H groups in total. The molecule has 0 spiro atoms. The maximum atomic E-state index is 12.8. The van der Waals surface area contributed by atoms with E-state index in [2.05, 4.69) is 71.7 Å². The molecule has 0 atom stereocenters. The summed E-state index contributed by atoms with van der Waals surface area (Å²) in [5.41, 5.74) is 8.05. The number of hydrogen-bond donors (Lipinski definition) is 3. The van der Waals surface area contributed by atoms with Crippen LogP contribution < -0.4 is 5.32 Å². The summed E-state index contributed by atoms with van der Waals surface area (Å²) in [6, 6.07) is 16.3. The number of carbonyl (C=O) groups is 1. The highest BCUT2D eigenvalue weighted by Crippen LogP contribution is 2.34. The minimum absolute atomic E-state index is 0.109. The molecule has 0 aliphatic carbocycles. The number of nitrogens with one attached hydrogen (secondary N) is 3. The number of rotatable bonds is 4. The fourth-order valence-corrected chi connectivity index (χ4v) is 5.21. The average Bonchev–Trinajstić information content (AvgIpc) is 3.62. The second-order valence-corrected chi connectivity index (χ2v) is 10.1. The Balaban J connectivity index is 1.20. The van der Waals surface area contributed by atoms with Crippen LogP contribution in [0.15, 0.2) is 79.5 Å². The molecule has 40 heavy (non-hydrogen) atoms. The van der Waals surface area contributed by atoms with Gasteiger partial charge >= 0.3 is 6.03 Å². The highest BCUT2D eigenvalue weighted by Gasteiger charge is 2.19. The quantitative estimate of drug-likeness (QED) is 0.295. The van der Waals surface area contributed by atoms with Crippen LogP contribution in [0.5, 0.6) is 0 Å². The van der Waals surface area contributed by atoms with Crippen LogP contribution in [0.1, 0.15) is 0 Å². The summed E-state index contributed by atoms with van der Waals surface area (Å²) in [5.74, 6) is 0. The predicted molar refractivity (Wildman–Crippen MR) is 156 cm³/mol. The number of amides is 2. The molecule has 10 nitrogen and oxygen atoms in total. The number of anilines is 1. The first-order valence-electron chi connectivity index (χ1n) is 13.2. The van der Waals surface area contributed by atoms with Gasteiger partial charge in [0.15, 0.2) is 5.65 Å². The van der Waals surface area contributed by atoms with Gasteiger partial charge in [0.2, 0.25) is 0 Å². The number of fused-ring (bicyclic) bond motifs is 2. The molecule has 0 saturated carbocycles. The molecule has 6 heterocycles. The number of aromatic nitrogens is 6. The number of benzene rings is 1. The van der Waals surface area contributed by atoms with Crippen molar-refractivity contribution >= 4 is 33.7 Å². The minimum Gasteiger partial charge on any atom is -0.353 e. The van der Waals surface area contributed by atoms with E-state index in [1.807, 2.05) is 29.2 Å². The van der Waals surface area contributed by atoms with Crippen LogP contribution in [-0.4, -0.2) is 79.2 Å². The summed E-state index contributed by atoms with van der Waals surface area (Å²) in [6.45, 7) is 3.14. The number of carbonyl (C=O) groups excluding carboxylic acids is 1. The van der Waals surface area contributed by atoms with Gasteiger partial charge in [-0.15, -0.1) is 0 Å². The number of hydrogen-bond acceptors (Lipinski definition) is 6. The van der Waals surface area contributed by atoms with E-state index < -0.39 is 0 Å². The van der Waals surface area contributed by atoms with Gasteiger partial charge in [-0.2, -0.15) is 5.10 Å². The highest BCUT2D eigenvalue weighted by atomic mass is 16.2. The molecular formula is C30H27N9O. The van der Waals surface area contributed by atoms with Crippen LogP contribution >= 0.6 is 0 Å². The summed E-state index contributed by atoms with van der Waals surface area (Å²) in [7, 11) is 2.07. The van der Waals surface area contributed by atoms with E-state index in [-0.39, 0.29) is 6.03 Å². The maximum Gasteiger partial charge on any atom is 0.321 e. The molecule has 1 saturated heterocycles. The molecule has 0 radical (unpaired) electrons. The van der Waals surface area contributed by atoms with Gasteiger partial charge in [-0.3, -0.25) is 15.1 Å². The molecule has 7 rings (SSSR count). The average molecular weight is 530 g/mol. The molecule has 1 aliphatic rings. The van der Waals surface area contributed by atoms with Crippen LogP contribution in [0.25, 0.3) is 55.6 Å². The van der Waals surface area contributed by atoms with Crippen molar-refractivity contribution in [1.29, 1.82) is 0 Å². The molecule has 5 aromatic heterocycles. The summed E-state index contributed by atoms with van der Waals surface area (Å²) in [4.78, 5) is 33.5. The Morgan fingerprint density at radius 2 is 1.70 bits per heavy atom. The van der Waals surface area contributed by atoms with Gasteiger partial charge in [-0.25, -0.2) is 9.78 Å². The third kappa shape index (κ3) is 4.44. The monoisotopic (exact) mass is 529 g/mol. The second kappa shape index (κ2) is 9.90. The van der Waals surface area contributed by atoms with E-state index in [0.717, 1.165) is 63.0 Å².